The van der Waals surface area contributed by atoms with E-state index in [9.17, 15) is 19.3 Å². The van der Waals surface area contributed by atoms with Crippen LogP contribution in [0.15, 0.2) is 6.33 Å². The minimum atomic E-state index is -4.10. The first-order valence-electron chi connectivity index (χ1n) is 13.0. The molecule has 41 heavy (non-hydrogen) atoms. The van der Waals surface area contributed by atoms with Crippen LogP contribution in [-0.2, 0) is 32.4 Å². The Morgan fingerprint density at radius 1 is 1.34 bits per heavy atom. The monoisotopic (exact) mass is 618 g/mol. The highest BCUT2D eigenvalue weighted by Crippen LogP contribution is 2.58. The number of hydrogen-bond donors (Lipinski definition) is 3. The fraction of sp³-hybridized carbons (Fsp3) is 0.696. The number of imidazole rings is 1. The molecule has 18 heteroatoms. The maximum Gasteiger partial charge on any atom is 0.475 e. The van der Waals surface area contributed by atoms with E-state index in [-0.39, 0.29) is 54.7 Å². The standard InChI is InChI=1S/C23H35N6O10PS/c1-6-34-17-14-16(27-20(24)28-17)29(12-26-14)18-23(5,32)15-13(38-18)10-37-40(33,39-15)36-8-9-41-19(30)22(3,4)11-25-21(31)35-7-2/h12-13,15,18,32H,6-11H2,1-5H3,(H,25,31)(H2,24,27,28)/t13-,15-,18-,23-,40+/m1/s1. The molecule has 0 spiro atoms. The van der Waals surface area contributed by atoms with E-state index in [1.807, 2.05) is 0 Å². The number of phosphoric acid groups is 1. The Bertz CT molecular complexity index is 1320. The van der Waals surface area contributed by atoms with Crippen LogP contribution >= 0.6 is 19.6 Å². The van der Waals surface area contributed by atoms with Crippen LogP contribution in [0.5, 0.6) is 5.88 Å². The second-order valence-corrected chi connectivity index (χ2v) is 12.8. The van der Waals surface area contributed by atoms with Gasteiger partial charge in [0.25, 0.3) is 0 Å². The van der Waals surface area contributed by atoms with Crippen LogP contribution in [0.2, 0.25) is 0 Å². The topological polar surface area (TPSA) is 208 Å². The lowest BCUT2D eigenvalue weighted by Gasteiger charge is -2.35. The van der Waals surface area contributed by atoms with Gasteiger partial charge in [0, 0.05) is 12.3 Å². The second-order valence-electron chi connectivity index (χ2n) is 10.1. The summed E-state index contributed by atoms with van der Waals surface area (Å²) in [4.78, 5) is 36.7. The number of amides is 1. The van der Waals surface area contributed by atoms with Crippen LogP contribution in [0.25, 0.3) is 11.2 Å². The van der Waals surface area contributed by atoms with Crippen LogP contribution in [0.4, 0.5) is 10.7 Å². The van der Waals surface area contributed by atoms with Crippen molar-refractivity contribution in [1.29, 1.82) is 0 Å². The predicted octanol–water partition coefficient (Wildman–Crippen LogP) is 2.03. The van der Waals surface area contributed by atoms with E-state index in [2.05, 4.69) is 20.3 Å². The quantitative estimate of drug-likeness (QED) is 0.243. The molecule has 2 aliphatic rings. The third-order valence-electron chi connectivity index (χ3n) is 6.37. The lowest BCUT2D eigenvalue weighted by molar-refractivity contribution is -0.117. The molecule has 228 valence electrons. The summed E-state index contributed by atoms with van der Waals surface area (Å²) in [5.41, 5.74) is 3.86. The van der Waals surface area contributed by atoms with E-state index in [0.717, 1.165) is 11.8 Å². The van der Waals surface area contributed by atoms with Crippen molar-refractivity contribution in [3.8, 4) is 5.88 Å². The van der Waals surface area contributed by atoms with Crippen molar-refractivity contribution in [3.05, 3.63) is 6.33 Å². The predicted molar refractivity (Wildman–Crippen MR) is 146 cm³/mol. The van der Waals surface area contributed by atoms with Gasteiger partial charge in [0.05, 0.1) is 38.2 Å². The molecule has 2 fully saturated rings. The number of phosphoric ester groups is 1. The molecule has 4 rings (SSSR count). The van der Waals surface area contributed by atoms with Gasteiger partial charge in [0.1, 0.15) is 17.8 Å². The number of aliphatic hydroxyl groups is 1. The van der Waals surface area contributed by atoms with Crippen LogP contribution in [0, 0.1) is 5.41 Å². The maximum atomic E-state index is 13.2. The molecule has 0 unspecified atom stereocenters. The zero-order chi connectivity index (χ0) is 30.0. The number of anilines is 1. The Morgan fingerprint density at radius 2 is 2.10 bits per heavy atom. The van der Waals surface area contributed by atoms with Gasteiger partial charge in [-0.25, -0.2) is 14.3 Å². The van der Waals surface area contributed by atoms with Gasteiger partial charge < -0.3 is 30.4 Å². The average molecular weight is 619 g/mol. The van der Waals surface area contributed by atoms with Gasteiger partial charge >= 0.3 is 13.9 Å². The van der Waals surface area contributed by atoms with Crippen molar-refractivity contribution in [1.82, 2.24) is 24.8 Å². The summed E-state index contributed by atoms with van der Waals surface area (Å²) in [6, 6.07) is 0. The number of carbonyl (C=O) groups is 2. The molecule has 4 N–H and O–H groups in total. The van der Waals surface area contributed by atoms with E-state index in [0.29, 0.717) is 12.1 Å². The fourth-order valence-electron chi connectivity index (χ4n) is 4.28. The summed E-state index contributed by atoms with van der Waals surface area (Å²) in [7, 11) is -4.10. The van der Waals surface area contributed by atoms with Crippen molar-refractivity contribution in [2.45, 2.75) is 58.7 Å². The number of rotatable bonds is 11. The van der Waals surface area contributed by atoms with Crippen LogP contribution in [-0.4, -0.2) is 92.4 Å². The lowest BCUT2D eigenvalue weighted by atomic mass is 9.96. The van der Waals surface area contributed by atoms with Crippen molar-refractivity contribution < 1.29 is 47.0 Å². The number of ether oxygens (including phenoxy) is 3. The Labute approximate surface area is 240 Å². The molecule has 0 bridgehead atoms. The maximum absolute atomic E-state index is 13.2. The SMILES string of the molecule is CCOC(=O)NCC(C)(C)C(=O)SCCO[P@@]1(=O)OC[C@H]2O[C@@H](n3cnc4c(OCC)nc(N)nc43)[C@](C)(O)[C@@H]2O1. The highest BCUT2D eigenvalue weighted by molar-refractivity contribution is 8.13. The Morgan fingerprint density at radius 3 is 2.80 bits per heavy atom. The third-order valence-corrected chi connectivity index (χ3v) is 9.00. The summed E-state index contributed by atoms with van der Waals surface area (Å²) in [5.74, 6) is 0.285. The van der Waals surface area contributed by atoms with Crippen LogP contribution in [0.3, 0.4) is 0 Å². The fourth-order valence-corrected chi connectivity index (χ4v) is 6.69. The van der Waals surface area contributed by atoms with Gasteiger partial charge in [-0.15, -0.1) is 0 Å². The van der Waals surface area contributed by atoms with Gasteiger partial charge in [0.2, 0.25) is 11.8 Å². The third kappa shape index (κ3) is 6.77. The highest BCUT2D eigenvalue weighted by Gasteiger charge is 2.60. The number of hydrogen-bond acceptors (Lipinski definition) is 15. The van der Waals surface area contributed by atoms with Gasteiger partial charge in [-0.1, -0.05) is 25.6 Å². The number of nitrogens with two attached hydrogens (primary N) is 1. The normalized spacial score (nSPS) is 27.9. The first-order valence-corrected chi connectivity index (χ1v) is 15.4. The average Bonchev–Trinajstić information content (AvgIpc) is 3.43. The van der Waals surface area contributed by atoms with Crippen molar-refractivity contribution >= 4 is 47.9 Å². The number of carbonyl (C=O) groups excluding carboxylic acids is 2. The van der Waals surface area contributed by atoms with Gasteiger partial charge in [0.15, 0.2) is 22.5 Å². The van der Waals surface area contributed by atoms with Crippen molar-refractivity contribution in [2.75, 3.05) is 44.5 Å². The largest absolute Gasteiger partial charge is 0.476 e. The molecule has 4 heterocycles. The Kier molecular flexibility index (Phi) is 9.48. The molecule has 5 atom stereocenters. The molecule has 0 saturated carbocycles. The number of nitrogens with zero attached hydrogens (tertiary/aromatic N) is 4. The highest BCUT2D eigenvalue weighted by atomic mass is 32.2. The van der Waals surface area contributed by atoms with Crippen LogP contribution in [0.1, 0.15) is 40.8 Å². The smallest absolute Gasteiger partial charge is 0.475 e. The molecule has 0 radical (unpaired) electrons. The molecule has 2 saturated heterocycles. The van der Waals surface area contributed by atoms with E-state index in [4.69, 9.17) is 33.5 Å². The summed E-state index contributed by atoms with van der Waals surface area (Å²) in [5, 5.41) is 13.8. The molecule has 2 aromatic heterocycles. The lowest BCUT2D eigenvalue weighted by Crippen LogP contribution is -2.47. The van der Waals surface area contributed by atoms with E-state index in [1.54, 1.807) is 27.7 Å². The molecule has 2 aliphatic heterocycles. The number of nitrogen functional groups attached to an aromatic ring is 1. The van der Waals surface area contributed by atoms with E-state index < -0.39 is 43.4 Å². The Hall–Kier alpha value is -2.53. The zero-order valence-corrected chi connectivity index (χ0v) is 25.1. The number of alkyl carbamates (subject to hydrolysis) is 1. The summed E-state index contributed by atoms with van der Waals surface area (Å²) >= 11 is 0.955. The zero-order valence-electron chi connectivity index (χ0n) is 23.4. The number of aromatic nitrogens is 4. The van der Waals surface area contributed by atoms with E-state index >= 15 is 0 Å². The molecule has 1 amide bonds. The van der Waals surface area contributed by atoms with Crippen molar-refractivity contribution in [2.24, 2.45) is 5.41 Å². The van der Waals surface area contributed by atoms with Gasteiger partial charge in [-0.2, -0.15) is 9.97 Å². The summed E-state index contributed by atoms with van der Waals surface area (Å²) in [6.07, 6.45) is -2.12. The molecule has 2 aromatic rings. The number of nitrogens with one attached hydrogen (secondary N) is 1. The number of thioether (sulfide) groups is 1. The second kappa shape index (κ2) is 12.4. The number of fused-ring (bicyclic) bond motifs is 2. The summed E-state index contributed by atoms with van der Waals surface area (Å²) in [6.45, 7) is 8.63. The molecule has 0 aliphatic carbocycles. The minimum absolute atomic E-state index is 0.0507. The molecular weight excluding hydrogens is 583 g/mol. The first-order chi connectivity index (χ1) is 19.3. The van der Waals surface area contributed by atoms with Crippen molar-refractivity contribution in [3.63, 3.8) is 0 Å². The molecular formula is C23H35N6O10PS. The van der Waals surface area contributed by atoms with Crippen LogP contribution < -0.4 is 15.8 Å². The molecule has 16 nitrogen and oxygen atoms in total. The molecule has 0 aromatic carbocycles. The summed E-state index contributed by atoms with van der Waals surface area (Å²) < 4.78 is 47.6. The van der Waals surface area contributed by atoms with E-state index in [1.165, 1.54) is 17.8 Å². The van der Waals surface area contributed by atoms with Gasteiger partial charge in [-0.05, 0) is 20.8 Å². The minimum Gasteiger partial charge on any atom is -0.476 e. The van der Waals surface area contributed by atoms with Gasteiger partial charge in [-0.3, -0.25) is 22.9 Å². The Balaban J connectivity index is 1.36. The first kappa shape index (κ1) is 31.4.